The van der Waals surface area contributed by atoms with Gasteiger partial charge in [-0.05, 0) is 24.6 Å². The van der Waals surface area contributed by atoms with Crippen molar-refractivity contribution in [1.29, 1.82) is 0 Å². The summed E-state index contributed by atoms with van der Waals surface area (Å²) in [6, 6.07) is 6.99. The quantitative estimate of drug-likeness (QED) is 0.842. The Morgan fingerprint density at radius 3 is 3.12 bits per heavy atom. The van der Waals surface area contributed by atoms with Crippen molar-refractivity contribution in [2.24, 2.45) is 4.99 Å². The molecule has 0 saturated carbocycles. The molecule has 0 bridgehead atoms. The standard InChI is InChI=1S/C13H15FN2O/c14-10-4-2-1-3-9(10)7-13-16-11-8-15-6-5-12(11)17-13/h1-4,11-12,15H,5-8H2. The minimum Gasteiger partial charge on any atom is -0.475 e. The van der Waals surface area contributed by atoms with Gasteiger partial charge in [-0.1, -0.05) is 18.2 Å². The number of nitrogens with zero attached hydrogens (tertiary/aromatic N) is 1. The molecule has 1 N–H and O–H groups in total. The summed E-state index contributed by atoms with van der Waals surface area (Å²) in [5.41, 5.74) is 0.651. The molecule has 2 atom stereocenters. The number of ether oxygens (including phenoxy) is 1. The molecule has 1 saturated heterocycles. The lowest BCUT2D eigenvalue weighted by Crippen LogP contribution is -2.41. The van der Waals surface area contributed by atoms with Gasteiger partial charge < -0.3 is 10.1 Å². The zero-order chi connectivity index (χ0) is 11.7. The number of hydrogen-bond donors (Lipinski definition) is 1. The summed E-state index contributed by atoms with van der Waals surface area (Å²) in [6.07, 6.45) is 1.63. The van der Waals surface area contributed by atoms with E-state index in [2.05, 4.69) is 10.3 Å². The van der Waals surface area contributed by atoms with Gasteiger partial charge in [-0.2, -0.15) is 0 Å². The van der Waals surface area contributed by atoms with Gasteiger partial charge >= 0.3 is 0 Å². The Morgan fingerprint density at radius 1 is 1.41 bits per heavy atom. The van der Waals surface area contributed by atoms with Gasteiger partial charge in [0.25, 0.3) is 0 Å². The third-order valence-electron chi connectivity index (χ3n) is 3.29. The SMILES string of the molecule is Fc1ccccc1CC1=NC2CNCCC2O1. The Morgan fingerprint density at radius 2 is 2.29 bits per heavy atom. The van der Waals surface area contributed by atoms with E-state index < -0.39 is 0 Å². The smallest absolute Gasteiger partial charge is 0.188 e. The van der Waals surface area contributed by atoms with Crippen molar-refractivity contribution in [2.45, 2.75) is 25.0 Å². The molecule has 1 aromatic carbocycles. The number of benzene rings is 1. The second kappa shape index (κ2) is 4.45. The van der Waals surface area contributed by atoms with Crippen LogP contribution in [0.4, 0.5) is 4.39 Å². The fourth-order valence-electron chi connectivity index (χ4n) is 2.37. The topological polar surface area (TPSA) is 33.6 Å². The van der Waals surface area contributed by atoms with Gasteiger partial charge in [-0.25, -0.2) is 9.38 Å². The van der Waals surface area contributed by atoms with Crippen LogP contribution in [0.25, 0.3) is 0 Å². The molecule has 2 aliphatic rings. The van der Waals surface area contributed by atoms with E-state index in [1.807, 2.05) is 6.07 Å². The van der Waals surface area contributed by atoms with Crippen molar-refractivity contribution in [3.8, 4) is 0 Å². The molecule has 0 amide bonds. The van der Waals surface area contributed by atoms with Gasteiger partial charge in [0.15, 0.2) is 5.90 Å². The summed E-state index contributed by atoms with van der Waals surface area (Å²) >= 11 is 0. The zero-order valence-corrected chi connectivity index (χ0v) is 9.53. The van der Waals surface area contributed by atoms with Crippen molar-refractivity contribution in [3.05, 3.63) is 35.6 Å². The van der Waals surface area contributed by atoms with E-state index in [0.717, 1.165) is 19.5 Å². The lowest BCUT2D eigenvalue weighted by Gasteiger charge is -2.23. The van der Waals surface area contributed by atoms with Crippen LogP contribution in [0.15, 0.2) is 29.3 Å². The highest BCUT2D eigenvalue weighted by molar-refractivity contribution is 5.80. The highest BCUT2D eigenvalue weighted by Gasteiger charge is 2.32. The fourth-order valence-corrected chi connectivity index (χ4v) is 2.37. The minimum absolute atomic E-state index is 0.188. The first-order valence-corrected chi connectivity index (χ1v) is 6.00. The van der Waals surface area contributed by atoms with Crippen LogP contribution < -0.4 is 5.32 Å². The largest absolute Gasteiger partial charge is 0.475 e. The van der Waals surface area contributed by atoms with Gasteiger partial charge in [-0.3, -0.25) is 0 Å². The maximum atomic E-state index is 13.5. The van der Waals surface area contributed by atoms with Crippen molar-refractivity contribution < 1.29 is 9.13 Å². The summed E-state index contributed by atoms with van der Waals surface area (Å²) in [4.78, 5) is 4.51. The van der Waals surface area contributed by atoms with Gasteiger partial charge in [0.1, 0.15) is 18.0 Å². The Labute approximate surface area is 99.7 Å². The maximum Gasteiger partial charge on any atom is 0.188 e. The lowest BCUT2D eigenvalue weighted by molar-refractivity contribution is 0.158. The van der Waals surface area contributed by atoms with E-state index in [1.165, 1.54) is 6.07 Å². The third kappa shape index (κ3) is 2.17. The van der Waals surface area contributed by atoms with Crippen LogP contribution in [0.3, 0.4) is 0 Å². The number of aliphatic imine (C=N–C) groups is 1. The zero-order valence-electron chi connectivity index (χ0n) is 9.53. The summed E-state index contributed by atoms with van der Waals surface area (Å²) in [5, 5.41) is 3.29. The molecule has 4 heteroatoms. The van der Waals surface area contributed by atoms with E-state index in [-0.39, 0.29) is 18.0 Å². The molecule has 2 heterocycles. The van der Waals surface area contributed by atoms with Crippen LogP contribution >= 0.6 is 0 Å². The van der Waals surface area contributed by atoms with Crippen LogP contribution in [-0.2, 0) is 11.2 Å². The monoisotopic (exact) mass is 234 g/mol. The molecule has 90 valence electrons. The first-order chi connectivity index (χ1) is 8.33. The molecule has 0 spiro atoms. The summed E-state index contributed by atoms with van der Waals surface area (Å²) < 4.78 is 19.3. The van der Waals surface area contributed by atoms with E-state index in [4.69, 9.17) is 4.74 Å². The van der Waals surface area contributed by atoms with E-state index in [9.17, 15) is 4.39 Å². The lowest BCUT2D eigenvalue weighted by atomic mass is 10.1. The Balaban J connectivity index is 1.72. The predicted molar refractivity (Wildman–Crippen MR) is 63.7 cm³/mol. The number of rotatable bonds is 2. The molecule has 3 nitrogen and oxygen atoms in total. The Hall–Kier alpha value is -1.42. The number of halogens is 1. The van der Waals surface area contributed by atoms with Crippen molar-refractivity contribution in [3.63, 3.8) is 0 Å². The maximum absolute atomic E-state index is 13.5. The predicted octanol–water partition coefficient (Wildman–Crippen LogP) is 1.53. The molecule has 0 radical (unpaired) electrons. The number of fused-ring (bicyclic) bond motifs is 1. The van der Waals surface area contributed by atoms with Crippen molar-refractivity contribution >= 4 is 5.90 Å². The van der Waals surface area contributed by atoms with E-state index in [0.29, 0.717) is 17.9 Å². The van der Waals surface area contributed by atoms with Gasteiger partial charge in [0.05, 0.1) is 6.42 Å². The van der Waals surface area contributed by atoms with Crippen molar-refractivity contribution in [2.75, 3.05) is 13.1 Å². The average molecular weight is 234 g/mol. The van der Waals surface area contributed by atoms with Gasteiger partial charge in [0, 0.05) is 6.54 Å². The van der Waals surface area contributed by atoms with E-state index in [1.54, 1.807) is 12.1 Å². The molecular formula is C13H15FN2O. The first kappa shape index (κ1) is 10.7. The van der Waals surface area contributed by atoms with Crippen LogP contribution in [-0.4, -0.2) is 31.1 Å². The molecule has 0 aliphatic carbocycles. The average Bonchev–Trinajstić information content (AvgIpc) is 2.74. The molecule has 1 aromatic rings. The molecule has 2 aliphatic heterocycles. The molecule has 3 rings (SSSR count). The highest BCUT2D eigenvalue weighted by atomic mass is 19.1. The first-order valence-electron chi connectivity index (χ1n) is 6.00. The second-order valence-electron chi connectivity index (χ2n) is 4.51. The second-order valence-corrected chi connectivity index (χ2v) is 4.51. The number of hydrogen-bond acceptors (Lipinski definition) is 3. The highest BCUT2D eigenvalue weighted by Crippen LogP contribution is 2.21. The number of piperidine rings is 1. The molecule has 2 unspecified atom stereocenters. The van der Waals surface area contributed by atoms with Gasteiger partial charge in [0.2, 0.25) is 0 Å². The Bertz CT molecular complexity index is 447. The molecule has 17 heavy (non-hydrogen) atoms. The summed E-state index contributed by atoms with van der Waals surface area (Å²) in [7, 11) is 0. The molecule has 0 aromatic heterocycles. The fraction of sp³-hybridized carbons (Fsp3) is 0.462. The third-order valence-corrected chi connectivity index (χ3v) is 3.29. The summed E-state index contributed by atoms with van der Waals surface area (Å²) in [5.74, 6) is 0.487. The Kier molecular flexibility index (Phi) is 2.81. The van der Waals surface area contributed by atoms with Crippen LogP contribution in [0.1, 0.15) is 12.0 Å². The normalized spacial score (nSPS) is 27.2. The van der Waals surface area contributed by atoms with E-state index >= 15 is 0 Å². The van der Waals surface area contributed by atoms with Crippen molar-refractivity contribution in [1.82, 2.24) is 5.32 Å². The molecule has 1 fully saturated rings. The van der Waals surface area contributed by atoms with Gasteiger partial charge in [-0.15, -0.1) is 0 Å². The van der Waals surface area contributed by atoms with Crippen LogP contribution in [0.2, 0.25) is 0 Å². The summed E-state index contributed by atoms with van der Waals surface area (Å²) in [6.45, 7) is 1.84. The molecular weight excluding hydrogens is 219 g/mol. The van der Waals surface area contributed by atoms with Crippen LogP contribution in [0, 0.1) is 5.82 Å². The minimum atomic E-state index is -0.188. The number of nitrogens with one attached hydrogen (secondary N) is 1. The van der Waals surface area contributed by atoms with Crippen LogP contribution in [0.5, 0.6) is 0 Å².